The Kier molecular flexibility index (Phi) is 4.14. The molecule has 0 radical (unpaired) electrons. The fourth-order valence-corrected chi connectivity index (χ4v) is 2.14. The number of hydrogen-bond donors (Lipinski definition) is 0. The highest BCUT2D eigenvalue weighted by Gasteiger charge is 2.21. The van der Waals surface area contributed by atoms with Crippen LogP contribution in [0.2, 0.25) is 0 Å². The van der Waals surface area contributed by atoms with Crippen molar-refractivity contribution in [2.24, 2.45) is 0 Å². The highest BCUT2D eigenvalue weighted by Crippen LogP contribution is 2.27. The van der Waals surface area contributed by atoms with Crippen LogP contribution in [0.4, 0.5) is 8.78 Å². The van der Waals surface area contributed by atoms with Gasteiger partial charge >= 0.3 is 0 Å². The summed E-state index contributed by atoms with van der Waals surface area (Å²) in [5.74, 6) is -0.392. The lowest BCUT2D eigenvalue weighted by Crippen LogP contribution is -2.06. The zero-order chi connectivity index (χ0) is 14.0. The van der Waals surface area contributed by atoms with Gasteiger partial charge in [0.1, 0.15) is 17.5 Å². The molecule has 1 heterocycles. The van der Waals surface area contributed by atoms with E-state index in [4.69, 9.17) is 11.6 Å². The Balaban J connectivity index is 2.65. The molecule has 3 nitrogen and oxygen atoms in total. The Morgan fingerprint density at radius 2 is 2.00 bits per heavy atom. The second kappa shape index (κ2) is 5.65. The second-order valence-electron chi connectivity index (χ2n) is 4.28. The van der Waals surface area contributed by atoms with Crippen molar-refractivity contribution in [3.8, 4) is 11.4 Å². The zero-order valence-corrected chi connectivity index (χ0v) is 11.5. The summed E-state index contributed by atoms with van der Waals surface area (Å²) < 4.78 is 29.7. The van der Waals surface area contributed by atoms with E-state index >= 15 is 0 Å². The summed E-state index contributed by atoms with van der Waals surface area (Å²) in [5.41, 5.74) is 0.229. The minimum absolute atomic E-state index is 0.141. The van der Waals surface area contributed by atoms with E-state index in [2.05, 4.69) is 10.2 Å². The monoisotopic (exact) mass is 285 g/mol. The second-order valence-corrected chi connectivity index (χ2v) is 4.55. The lowest BCUT2D eigenvalue weighted by molar-refractivity contribution is 0.575. The van der Waals surface area contributed by atoms with E-state index in [9.17, 15) is 8.78 Å². The molecule has 1 aromatic carbocycles. The number of halogens is 3. The van der Waals surface area contributed by atoms with Crippen LogP contribution in [-0.4, -0.2) is 14.8 Å². The van der Waals surface area contributed by atoms with Gasteiger partial charge in [-0.2, -0.15) is 0 Å². The number of rotatable bonds is 4. The maximum atomic E-state index is 14.1. The Morgan fingerprint density at radius 3 is 2.63 bits per heavy atom. The molecule has 0 spiro atoms. The number of benzene rings is 1. The van der Waals surface area contributed by atoms with Crippen molar-refractivity contribution in [3.05, 3.63) is 35.2 Å². The largest absolute Gasteiger partial charge is 0.310 e. The van der Waals surface area contributed by atoms with E-state index in [0.29, 0.717) is 17.9 Å². The molecule has 0 bridgehead atoms. The van der Waals surface area contributed by atoms with Crippen molar-refractivity contribution in [2.75, 3.05) is 0 Å². The first kappa shape index (κ1) is 13.9. The van der Waals surface area contributed by atoms with Crippen LogP contribution in [0.15, 0.2) is 12.1 Å². The molecule has 0 aliphatic heterocycles. The Hall–Kier alpha value is -1.49. The normalized spacial score (nSPS) is 11.0. The first-order valence-electron chi connectivity index (χ1n) is 6.03. The quantitative estimate of drug-likeness (QED) is 0.802. The third-order valence-electron chi connectivity index (χ3n) is 2.90. The van der Waals surface area contributed by atoms with Gasteiger partial charge in [-0.15, -0.1) is 21.8 Å². The van der Waals surface area contributed by atoms with Gasteiger partial charge in [0, 0.05) is 6.54 Å². The fraction of sp³-hybridized carbons (Fsp3) is 0.385. The summed E-state index contributed by atoms with van der Waals surface area (Å²) in [6.07, 6.45) is 0.796. The summed E-state index contributed by atoms with van der Waals surface area (Å²) in [4.78, 5) is 0. The van der Waals surface area contributed by atoms with Crippen molar-refractivity contribution >= 4 is 11.6 Å². The zero-order valence-electron chi connectivity index (χ0n) is 10.8. The van der Waals surface area contributed by atoms with Gasteiger partial charge in [0.15, 0.2) is 5.82 Å². The summed E-state index contributed by atoms with van der Waals surface area (Å²) in [5, 5.41) is 7.78. The molecule has 0 atom stereocenters. The van der Waals surface area contributed by atoms with Gasteiger partial charge in [0.2, 0.25) is 0 Å². The van der Waals surface area contributed by atoms with Crippen molar-refractivity contribution < 1.29 is 8.78 Å². The van der Waals surface area contributed by atoms with Crippen LogP contribution in [0.5, 0.6) is 0 Å². The minimum Gasteiger partial charge on any atom is -0.310 e. The summed E-state index contributed by atoms with van der Waals surface area (Å²) >= 11 is 5.77. The molecule has 0 fully saturated rings. The molecule has 0 unspecified atom stereocenters. The smallest absolute Gasteiger partial charge is 0.169 e. The summed E-state index contributed by atoms with van der Waals surface area (Å²) in [6.45, 7) is 4.11. The predicted octanol–water partition coefficient (Wildman–Crippen LogP) is 3.68. The van der Waals surface area contributed by atoms with Crippen LogP contribution >= 0.6 is 11.6 Å². The maximum Gasteiger partial charge on any atom is 0.169 e. The van der Waals surface area contributed by atoms with E-state index in [1.54, 1.807) is 11.5 Å². The Morgan fingerprint density at radius 1 is 1.26 bits per heavy atom. The molecule has 19 heavy (non-hydrogen) atoms. The molecule has 6 heteroatoms. The van der Waals surface area contributed by atoms with Gasteiger partial charge in [0.25, 0.3) is 0 Å². The first-order valence-corrected chi connectivity index (χ1v) is 6.56. The van der Waals surface area contributed by atoms with Crippen LogP contribution in [0.1, 0.15) is 24.7 Å². The lowest BCUT2D eigenvalue weighted by Gasteiger charge is -2.10. The molecule has 1 aromatic heterocycles. The number of hydrogen-bond acceptors (Lipinski definition) is 2. The molecule has 0 amide bonds. The van der Waals surface area contributed by atoms with Gasteiger partial charge in [-0.05, 0) is 25.0 Å². The van der Waals surface area contributed by atoms with Crippen molar-refractivity contribution in [2.45, 2.75) is 32.7 Å². The molecule has 0 saturated heterocycles. The Bertz CT molecular complexity index is 596. The molecule has 0 aliphatic rings. The van der Waals surface area contributed by atoms with Crippen LogP contribution in [0.25, 0.3) is 11.4 Å². The standard InChI is InChI=1S/C13H14ClF2N3/c1-3-6-19-10(7-14)17-18-13(19)11-9(15)5-4-8(2)12(11)16/h4-5H,3,6-7H2,1-2H3. The summed E-state index contributed by atoms with van der Waals surface area (Å²) in [6, 6.07) is 2.64. The topological polar surface area (TPSA) is 30.7 Å². The number of aromatic nitrogens is 3. The average molecular weight is 286 g/mol. The van der Waals surface area contributed by atoms with E-state index in [1.807, 2.05) is 6.92 Å². The van der Waals surface area contributed by atoms with E-state index in [-0.39, 0.29) is 17.3 Å². The molecule has 2 rings (SSSR count). The molecule has 0 aliphatic carbocycles. The SMILES string of the molecule is CCCn1c(CCl)nnc1-c1c(F)ccc(C)c1F. The molecular weight excluding hydrogens is 272 g/mol. The van der Waals surface area contributed by atoms with Gasteiger partial charge in [-0.1, -0.05) is 13.0 Å². The summed E-state index contributed by atoms with van der Waals surface area (Å²) in [7, 11) is 0. The van der Waals surface area contributed by atoms with Gasteiger partial charge in [-0.25, -0.2) is 8.78 Å². The fourth-order valence-electron chi connectivity index (χ4n) is 1.94. The third-order valence-corrected chi connectivity index (χ3v) is 3.14. The highest BCUT2D eigenvalue weighted by molar-refractivity contribution is 6.16. The van der Waals surface area contributed by atoms with Crippen LogP contribution in [-0.2, 0) is 12.4 Å². The molecule has 2 aromatic rings. The number of aryl methyl sites for hydroxylation is 1. The number of nitrogens with zero attached hydrogens (tertiary/aromatic N) is 3. The predicted molar refractivity (Wildman–Crippen MR) is 70.0 cm³/mol. The third kappa shape index (κ3) is 2.47. The maximum absolute atomic E-state index is 14.1. The van der Waals surface area contributed by atoms with E-state index in [0.717, 1.165) is 6.42 Å². The van der Waals surface area contributed by atoms with Crippen LogP contribution < -0.4 is 0 Å². The van der Waals surface area contributed by atoms with Crippen molar-refractivity contribution in [1.29, 1.82) is 0 Å². The minimum atomic E-state index is -0.644. The molecule has 0 saturated carbocycles. The Labute approximate surface area is 115 Å². The van der Waals surface area contributed by atoms with E-state index in [1.165, 1.54) is 12.1 Å². The number of alkyl halides is 1. The average Bonchev–Trinajstić information content (AvgIpc) is 2.78. The first-order chi connectivity index (χ1) is 9.10. The van der Waals surface area contributed by atoms with E-state index < -0.39 is 11.6 Å². The lowest BCUT2D eigenvalue weighted by atomic mass is 10.1. The van der Waals surface area contributed by atoms with Gasteiger partial charge < -0.3 is 4.57 Å². The molecule has 102 valence electrons. The van der Waals surface area contributed by atoms with Crippen molar-refractivity contribution in [3.63, 3.8) is 0 Å². The van der Waals surface area contributed by atoms with Crippen molar-refractivity contribution in [1.82, 2.24) is 14.8 Å². The highest BCUT2D eigenvalue weighted by atomic mass is 35.5. The molecule has 0 N–H and O–H groups in total. The van der Waals surface area contributed by atoms with Gasteiger partial charge in [0.05, 0.1) is 11.4 Å². The van der Waals surface area contributed by atoms with Gasteiger partial charge in [-0.3, -0.25) is 0 Å². The van der Waals surface area contributed by atoms with Crippen LogP contribution in [0, 0.1) is 18.6 Å². The van der Waals surface area contributed by atoms with Crippen LogP contribution in [0.3, 0.4) is 0 Å². The molecular formula is C13H14ClF2N3.